The van der Waals surface area contributed by atoms with Gasteiger partial charge in [0.15, 0.2) is 5.65 Å². The fraction of sp³-hybridized carbons (Fsp3) is 0.320. The number of rotatable bonds is 4. The first-order valence-electron chi connectivity index (χ1n) is 11.4. The molecule has 7 heteroatoms. The van der Waals surface area contributed by atoms with Crippen molar-refractivity contribution in [3.8, 4) is 11.4 Å². The Morgan fingerprint density at radius 1 is 0.875 bits per heavy atom. The molecule has 32 heavy (non-hydrogen) atoms. The second kappa shape index (κ2) is 7.89. The van der Waals surface area contributed by atoms with Gasteiger partial charge in [0.1, 0.15) is 23.1 Å². The van der Waals surface area contributed by atoms with Crippen LogP contribution in [0.15, 0.2) is 60.8 Å². The molecule has 0 radical (unpaired) electrons. The molecule has 5 heterocycles. The first-order chi connectivity index (χ1) is 15.8. The molecule has 0 aliphatic carbocycles. The third kappa shape index (κ3) is 3.38. The molecule has 0 bridgehead atoms. The van der Waals surface area contributed by atoms with Gasteiger partial charge in [0, 0.05) is 19.6 Å². The third-order valence-electron chi connectivity index (χ3n) is 6.56. The second-order valence-electron chi connectivity index (χ2n) is 8.59. The van der Waals surface area contributed by atoms with E-state index in [4.69, 9.17) is 10.1 Å². The number of pyridine rings is 1. The van der Waals surface area contributed by atoms with Crippen LogP contribution in [0.5, 0.6) is 0 Å². The number of halogens is 1. The quantitative estimate of drug-likeness (QED) is 0.464. The first-order valence-corrected chi connectivity index (χ1v) is 11.4. The summed E-state index contributed by atoms with van der Waals surface area (Å²) in [6, 6.07) is 17.2. The van der Waals surface area contributed by atoms with E-state index in [1.54, 1.807) is 12.1 Å². The van der Waals surface area contributed by atoms with Crippen LogP contribution >= 0.6 is 0 Å². The zero-order valence-corrected chi connectivity index (χ0v) is 17.9. The normalized spacial score (nSPS) is 18.7. The number of hydrogen-bond acceptors (Lipinski definition) is 5. The van der Waals surface area contributed by atoms with Crippen LogP contribution in [0.3, 0.4) is 0 Å². The van der Waals surface area contributed by atoms with Crippen LogP contribution in [0, 0.1) is 5.82 Å². The zero-order valence-electron chi connectivity index (χ0n) is 17.9. The Kier molecular flexibility index (Phi) is 4.74. The van der Waals surface area contributed by atoms with E-state index in [0.717, 1.165) is 66.7 Å². The smallest absolute Gasteiger partial charge is 0.154 e. The van der Waals surface area contributed by atoms with Gasteiger partial charge in [-0.2, -0.15) is 0 Å². The lowest BCUT2D eigenvalue weighted by atomic mass is 10.0. The molecular formula is C25H25FN6. The maximum Gasteiger partial charge on any atom is 0.154 e. The van der Waals surface area contributed by atoms with Gasteiger partial charge in [-0.1, -0.05) is 18.2 Å². The summed E-state index contributed by atoms with van der Waals surface area (Å²) in [5.41, 5.74) is 3.54. The average molecular weight is 429 g/mol. The minimum absolute atomic E-state index is 0.124. The fourth-order valence-corrected chi connectivity index (χ4v) is 4.98. The van der Waals surface area contributed by atoms with Crippen LogP contribution in [0.1, 0.15) is 37.3 Å². The molecule has 4 aromatic rings. The van der Waals surface area contributed by atoms with Gasteiger partial charge >= 0.3 is 0 Å². The molecule has 6 nitrogen and oxygen atoms in total. The van der Waals surface area contributed by atoms with Gasteiger partial charge in [0.25, 0.3) is 0 Å². The average Bonchev–Trinajstić information content (AvgIpc) is 3.59. The van der Waals surface area contributed by atoms with Crippen LogP contribution in [-0.4, -0.2) is 39.2 Å². The lowest BCUT2D eigenvalue weighted by Gasteiger charge is -2.26. The Balaban J connectivity index is 1.37. The molecule has 3 aromatic heterocycles. The largest absolute Gasteiger partial charge is 0.357 e. The highest BCUT2D eigenvalue weighted by atomic mass is 19.1. The molecule has 0 spiro atoms. The number of aromatic nitrogens is 4. The lowest BCUT2D eigenvalue weighted by Crippen LogP contribution is -2.24. The molecule has 1 aromatic carbocycles. The van der Waals surface area contributed by atoms with Gasteiger partial charge in [-0.15, -0.1) is 5.10 Å². The Bertz CT molecular complexity index is 1260. The van der Waals surface area contributed by atoms with Gasteiger partial charge in [-0.3, -0.25) is 0 Å². The van der Waals surface area contributed by atoms with Crippen LogP contribution < -0.4 is 9.80 Å². The number of benzene rings is 1. The number of nitrogens with zero attached hydrogens (tertiary/aromatic N) is 6. The summed E-state index contributed by atoms with van der Waals surface area (Å²) in [6.07, 6.45) is 6.32. The fourth-order valence-electron chi connectivity index (χ4n) is 4.98. The van der Waals surface area contributed by atoms with E-state index >= 15 is 0 Å². The first kappa shape index (κ1) is 19.2. The van der Waals surface area contributed by atoms with Gasteiger partial charge in [0.2, 0.25) is 0 Å². The molecule has 0 saturated carbocycles. The topological polar surface area (TPSA) is 49.6 Å². The summed E-state index contributed by atoms with van der Waals surface area (Å²) in [7, 11) is 0. The molecule has 1 atom stereocenters. The highest BCUT2D eigenvalue weighted by Crippen LogP contribution is 2.35. The molecule has 2 fully saturated rings. The summed E-state index contributed by atoms with van der Waals surface area (Å²) in [4.78, 5) is 14.1. The third-order valence-corrected chi connectivity index (χ3v) is 6.56. The van der Waals surface area contributed by atoms with Crippen molar-refractivity contribution >= 4 is 17.3 Å². The number of fused-ring (bicyclic) bond motifs is 1. The van der Waals surface area contributed by atoms with Crippen molar-refractivity contribution in [1.29, 1.82) is 0 Å². The lowest BCUT2D eigenvalue weighted by molar-refractivity contribution is 0.617. The summed E-state index contributed by atoms with van der Waals surface area (Å²) in [6.45, 7) is 3.01. The Labute approximate surface area is 186 Å². The zero-order chi connectivity index (χ0) is 21.5. The van der Waals surface area contributed by atoms with E-state index < -0.39 is 0 Å². The molecule has 162 valence electrons. The van der Waals surface area contributed by atoms with E-state index in [-0.39, 0.29) is 11.9 Å². The second-order valence-corrected chi connectivity index (χ2v) is 8.59. The van der Waals surface area contributed by atoms with Gasteiger partial charge in [-0.25, -0.2) is 18.9 Å². The molecule has 0 amide bonds. The Morgan fingerprint density at radius 2 is 1.75 bits per heavy atom. The number of hydrogen-bond donors (Lipinski definition) is 0. The van der Waals surface area contributed by atoms with Crippen molar-refractivity contribution in [1.82, 2.24) is 19.6 Å². The summed E-state index contributed by atoms with van der Waals surface area (Å²) < 4.78 is 15.7. The van der Waals surface area contributed by atoms with E-state index in [0.29, 0.717) is 0 Å². The molecule has 6 rings (SSSR count). The number of imidazole rings is 1. The molecule has 2 aliphatic heterocycles. The van der Waals surface area contributed by atoms with Gasteiger partial charge < -0.3 is 9.80 Å². The van der Waals surface area contributed by atoms with Gasteiger partial charge in [-0.05, 0) is 67.6 Å². The molecule has 2 aliphatic rings. The van der Waals surface area contributed by atoms with Crippen molar-refractivity contribution in [3.63, 3.8) is 0 Å². The molecule has 0 N–H and O–H groups in total. The Hall–Kier alpha value is -3.48. The van der Waals surface area contributed by atoms with Crippen molar-refractivity contribution in [2.75, 3.05) is 29.4 Å². The minimum atomic E-state index is -0.196. The van der Waals surface area contributed by atoms with Crippen molar-refractivity contribution < 1.29 is 4.39 Å². The SMILES string of the molecule is Fc1cccc(C2CCCN2c2ccc3ncc(-c4cccc(N5CCCC5)n4)n3n2)c1. The molecular weight excluding hydrogens is 403 g/mol. The highest BCUT2D eigenvalue weighted by Gasteiger charge is 2.28. The highest BCUT2D eigenvalue weighted by molar-refractivity contribution is 5.62. The minimum Gasteiger partial charge on any atom is -0.357 e. The maximum atomic E-state index is 13.8. The maximum absolute atomic E-state index is 13.8. The van der Waals surface area contributed by atoms with Crippen LogP contribution in [0.25, 0.3) is 17.0 Å². The van der Waals surface area contributed by atoms with E-state index in [1.165, 1.54) is 18.9 Å². The van der Waals surface area contributed by atoms with Gasteiger partial charge in [0.05, 0.1) is 17.9 Å². The van der Waals surface area contributed by atoms with Crippen LogP contribution in [0.4, 0.5) is 16.0 Å². The standard InChI is InChI=1S/C25H25FN6/c26-19-7-3-6-18(16-19)21-9-5-15-31(21)25-12-11-23-27-17-22(32(23)29-25)20-8-4-10-24(28-20)30-13-1-2-14-30/h3-4,6-8,10-12,16-17,21H,1-2,5,9,13-15H2. The predicted octanol–water partition coefficient (Wildman–Crippen LogP) is 4.87. The summed E-state index contributed by atoms with van der Waals surface area (Å²) >= 11 is 0. The van der Waals surface area contributed by atoms with Crippen LogP contribution in [-0.2, 0) is 0 Å². The van der Waals surface area contributed by atoms with E-state index in [2.05, 4.69) is 26.9 Å². The molecule has 1 unspecified atom stereocenters. The monoisotopic (exact) mass is 428 g/mol. The number of anilines is 2. The van der Waals surface area contributed by atoms with Crippen LogP contribution in [0.2, 0.25) is 0 Å². The predicted molar refractivity (Wildman–Crippen MR) is 123 cm³/mol. The van der Waals surface area contributed by atoms with Crippen molar-refractivity contribution in [2.24, 2.45) is 0 Å². The molecule has 2 saturated heterocycles. The summed E-state index contributed by atoms with van der Waals surface area (Å²) in [5, 5.41) is 4.95. The van der Waals surface area contributed by atoms with Crippen molar-refractivity contribution in [2.45, 2.75) is 31.7 Å². The van der Waals surface area contributed by atoms with E-state index in [1.807, 2.05) is 35.0 Å². The van der Waals surface area contributed by atoms with E-state index in [9.17, 15) is 4.39 Å². The van der Waals surface area contributed by atoms with Crippen molar-refractivity contribution in [3.05, 3.63) is 72.2 Å². The Morgan fingerprint density at radius 3 is 2.62 bits per heavy atom. The summed E-state index contributed by atoms with van der Waals surface area (Å²) in [5.74, 6) is 1.69.